The maximum Gasteiger partial charge on any atom is 0.431 e. The van der Waals surface area contributed by atoms with Crippen LogP contribution in [-0.4, -0.2) is 40.0 Å². The number of nitrogens with zero attached hydrogens (tertiary/aromatic N) is 2. The Morgan fingerprint density at radius 2 is 2.19 bits per heavy atom. The topological polar surface area (TPSA) is 115 Å². The van der Waals surface area contributed by atoms with E-state index in [1.165, 1.54) is 29.7 Å². The Morgan fingerprint density at radius 1 is 1.38 bits per heavy atom. The first-order chi connectivity index (χ1) is 12.6. The first-order valence-electron chi connectivity index (χ1n) is 9.20. The quantitative estimate of drug-likeness (QED) is 0.427. The van der Waals surface area contributed by atoms with Gasteiger partial charge < -0.3 is 20.0 Å². The molecule has 0 radical (unpaired) electrons. The highest BCUT2D eigenvalue weighted by atomic mass is 16.7. The van der Waals surface area contributed by atoms with Gasteiger partial charge in [0.15, 0.2) is 5.82 Å². The highest BCUT2D eigenvalue weighted by Crippen LogP contribution is 2.26. The number of carbonyl (C=O) groups is 1. The van der Waals surface area contributed by atoms with Crippen molar-refractivity contribution in [2.75, 3.05) is 18.6 Å². The van der Waals surface area contributed by atoms with E-state index in [1.807, 2.05) is 0 Å². The normalized spacial score (nSPS) is 19.3. The van der Waals surface area contributed by atoms with Gasteiger partial charge in [-0.05, 0) is 19.3 Å². The van der Waals surface area contributed by atoms with Gasteiger partial charge in [0.05, 0.1) is 12.7 Å². The number of aliphatic hydroxyl groups excluding tert-OH is 1. The van der Waals surface area contributed by atoms with Crippen LogP contribution in [0.25, 0.3) is 0 Å². The van der Waals surface area contributed by atoms with E-state index in [2.05, 4.69) is 22.7 Å². The van der Waals surface area contributed by atoms with Crippen LogP contribution in [0.3, 0.4) is 0 Å². The van der Waals surface area contributed by atoms with Gasteiger partial charge in [0.2, 0.25) is 0 Å². The summed E-state index contributed by atoms with van der Waals surface area (Å²) in [5.41, 5.74) is 1.85. The molecule has 2 heterocycles. The molecule has 1 saturated heterocycles. The third-order valence-corrected chi connectivity index (χ3v) is 4.23. The average Bonchev–Trinajstić information content (AvgIpc) is 3.12. The summed E-state index contributed by atoms with van der Waals surface area (Å²) in [5.74, 6) is 0.140. The van der Waals surface area contributed by atoms with E-state index in [1.54, 1.807) is 0 Å². The third kappa shape index (κ3) is 6.30. The Kier molecular flexibility index (Phi) is 8.36. The first-order valence-corrected chi connectivity index (χ1v) is 9.20. The highest BCUT2D eigenvalue weighted by Gasteiger charge is 2.26. The molecule has 0 spiro atoms. The molecule has 146 valence electrons. The summed E-state index contributed by atoms with van der Waals surface area (Å²) in [6, 6.07) is 1.52. The molecule has 9 nitrogen and oxygen atoms in total. The monoisotopic (exact) mass is 368 g/mol. The number of aromatic nitrogens is 2. The second-order valence-corrected chi connectivity index (χ2v) is 6.31. The SMILES string of the molecule is CCCCCCCNC(=O)ONc1ccn(C2CCC(CO)O2)c(=O)n1. The fraction of sp³-hybridized carbons (Fsp3) is 0.706. The van der Waals surface area contributed by atoms with Crippen LogP contribution in [0.4, 0.5) is 10.6 Å². The Morgan fingerprint density at radius 3 is 2.88 bits per heavy atom. The molecule has 3 N–H and O–H groups in total. The van der Waals surface area contributed by atoms with Gasteiger partial charge in [-0.2, -0.15) is 10.5 Å². The van der Waals surface area contributed by atoms with Gasteiger partial charge in [-0.15, -0.1) is 0 Å². The van der Waals surface area contributed by atoms with Crippen LogP contribution in [0, 0.1) is 0 Å². The van der Waals surface area contributed by atoms with Gasteiger partial charge in [0.25, 0.3) is 0 Å². The zero-order valence-electron chi connectivity index (χ0n) is 15.1. The first kappa shape index (κ1) is 20.2. The number of amides is 1. The second-order valence-electron chi connectivity index (χ2n) is 6.31. The molecule has 1 aromatic heterocycles. The molecule has 9 heteroatoms. The van der Waals surface area contributed by atoms with E-state index in [0.717, 1.165) is 19.3 Å². The lowest BCUT2D eigenvalue weighted by Gasteiger charge is -2.15. The Bertz CT molecular complexity index is 621. The minimum atomic E-state index is -0.614. The van der Waals surface area contributed by atoms with E-state index in [-0.39, 0.29) is 18.5 Å². The predicted molar refractivity (Wildman–Crippen MR) is 95.6 cm³/mol. The third-order valence-electron chi connectivity index (χ3n) is 4.23. The number of unbranched alkanes of at least 4 members (excludes halogenated alkanes) is 4. The van der Waals surface area contributed by atoms with Gasteiger partial charge >= 0.3 is 11.8 Å². The largest absolute Gasteiger partial charge is 0.431 e. The van der Waals surface area contributed by atoms with Crippen LogP contribution in [0.15, 0.2) is 17.1 Å². The maximum absolute atomic E-state index is 12.1. The van der Waals surface area contributed by atoms with E-state index in [4.69, 9.17) is 14.7 Å². The molecule has 1 amide bonds. The van der Waals surface area contributed by atoms with Crippen molar-refractivity contribution < 1.29 is 19.5 Å². The molecule has 26 heavy (non-hydrogen) atoms. The fourth-order valence-corrected chi connectivity index (χ4v) is 2.77. The molecule has 0 aromatic carbocycles. The minimum absolute atomic E-state index is 0.0696. The van der Waals surface area contributed by atoms with Crippen molar-refractivity contribution in [2.24, 2.45) is 0 Å². The van der Waals surface area contributed by atoms with Gasteiger partial charge in [-0.1, -0.05) is 32.6 Å². The Hall–Kier alpha value is -2.13. The van der Waals surface area contributed by atoms with Crippen molar-refractivity contribution >= 4 is 11.9 Å². The number of anilines is 1. The molecule has 1 aromatic rings. The van der Waals surface area contributed by atoms with Crippen molar-refractivity contribution in [3.8, 4) is 0 Å². The van der Waals surface area contributed by atoms with Crippen LogP contribution in [0.1, 0.15) is 58.1 Å². The standard InChI is InChI=1S/C17H28N4O5/c1-2-3-4-5-6-10-18-17(24)26-20-14-9-11-21(16(23)19-14)15-8-7-13(12-22)25-15/h9,11,13,15,22H,2-8,10,12H2,1H3,(H,18,24)(H,19,20,23). The molecule has 0 saturated carbocycles. The second kappa shape index (κ2) is 10.8. The van der Waals surface area contributed by atoms with Gasteiger partial charge in [-0.3, -0.25) is 4.57 Å². The van der Waals surface area contributed by atoms with Crippen LogP contribution in [0.5, 0.6) is 0 Å². The van der Waals surface area contributed by atoms with Crippen molar-refractivity contribution in [3.63, 3.8) is 0 Å². The highest BCUT2D eigenvalue weighted by molar-refractivity contribution is 5.67. The number of rotatable bonds is 10. The smallest absolute Gasteiger partial charge is 0.394 e. The van der Waals surface area contributed by atoms with Crippen LogP contribution in [-0.2, 0) is 9.57 Å². The predicted octanol–water partition coefficient (Wildman–Crippen LogP) is 1.94. The van der Waals surface area contributed by atoms with Crippen LogP contribution >= 0.6 is 0 Å². The van der Waals surface area contributed by atoms with E-state index >= 15 is 0 Å². The summed E-state index contributed by atoms with van der Waals surface area (Å²) < 4.78 is 6.91. The fourth-order valence-electron chi connectivity index (χ4n) is 2.77. The lowest BCUT2D eigenvalue weighted by atomic mass is 10.1. The van der Waals surface area contributed by atoms with E-state index in [9.17, 15) is 9.59 Å². The van der Waals surface area contributed by atoms with Crippen molar-refractivity contribution in [3.05, 3.63) is 22.7 Å². The molecular weight excluding hydrogens is 340 g/mol. The lowest BCUT2D eigenvalue weighted by molar-refractivity contribution is -0.0245. The number of hydrogen-bond acceptors (Lipinski definition) is 7. The van der Waals surface area contributed by atoms with E-state index < -0.39 is 18.0 Å². The van der Waals surface area contributed by atoms with Crippen molar-refractivity contribution in [1.82, 2.24) is 14.9 Å². The number of carbonyl (C=O) groups excluding carboxylic acids is 1. The molecule has 2 rings (SSSR count). The number of hydrogen-bond donors (Lipinski definition) is 3. The molecule has 2 atom stereocenters. The minimum Gasteiger partial charge on any atom is -0.394 e. The summed E-state index contributed by atoms with van der Waals surface area (Å²) in [5, 5.41) is 11.7. The molecule has 2 unspecified atom stereocenters. The summed E-state index contributed by atoms with van der Waals surface area (Å²) in [6.07, 6.45) is 7.07. The summed E-state index contributed by atoms with van der Waals surface area (Å²) in [4.78, 5) is 32.3. The molecule has 1 aliphatic rings. The molecular formula is C17H28N4O5. The van der Waals surface area contributed by atoms with Crippen LogP contribution < -0.4 is 16.5 Å². The van der Waals surface area contributed by atoms with Gasteiger partial charge in [0, 0.05) is 18.8 Å². The van der Waals surface area contributed by atoms with Crippen molar-refractivity contribution in [1.29, 1.82) is 0 Å². The molecule has 1 aliphatic heterocycles. The Balaban J connectivity index is 1.72. The Labute approximate surface area is 152 Å². The van der Waals surface area contributed by atoms with Crippen molar-refractivity contribution in [2.45, 2.75) is 64.2 Å². The lowest BCUT2D eigenvalue weighted by Crippen LogP contribution is -2.30. The number of ether oxygens (including phenoxy) is 1. The molecule has 0 aliphatic carbocycles. The maximum atomic E-state index is 12.1. The zero-order chi connectivity index (χ0) is 18.8. The van der Waals surface area contributed by atoms with Gasteiger partial charge in [0.1, 0.15) is 6.23 Å². The zero-order valence-corrected chi connectivity index (χ0v) is 15.1. The number of aliphatic hydroxyl groups is 1. The summed E-state index contributed by atoms with van der Waals surface area (Å²) in [6.45, 7) is 2.63. The average molecular weight is 368 g/mol. The molecule has 1 fully saturated rings. The number of nitrogens with one attached hydrogen (secondary N) is 2. The molecule has 0 bridgehead atoms. The van der Waals surface area contributed by atoms with Crippen LogP contribution in [0.2, 0.25) is 0 Å². The van der Waals surface area contributed by atoms with Gasteiger partial charge in [-0.25, -0.2) is 9.59 Å². The van der Waals surface area contributed by atoms with E-state index in [0.29, 0.717) is 19.4 Å². The summed E-state index contributed by atoms with van der Waals surface area (Å²) in [7, 11) is 0. The summed E-state index contributed by atoms with van der Waals surface area (Å²) >= 11 is 0.